The zero-order valence-electron chi connectivity index (χ0n) is 18.3. The molecule has 1 aromatic heterocycles. The van der Waals surface area contributed by atoms with Crippen molar-refractivity contribution >= 4 is 23.2 Å². The van der Waals surface area contributed by atoms with Gasteiger partial charge in [0.25, 0.3) is 0 Å². The molecule has 0 bridgehead atoms. The molecule has 0 spiro atoms. The number of hydrogen-bond acceptors (Lipinski definition) is 6. The Bertz CT molecular complexity index is 912. The van der Waals surface area contributed by atoms with Crippen molar-refractivity contribution in [3.63, 3.8) is 0 Å². The van der Waals surface area contributed by atoms with Gasteiger partial charge in [-0.1, -0.05) is 13.8 Å². The summed E-state index contributed by atoms with van der Waals surface area (Å²) in [4.78, 5) is 25.9. The highest BCUT2D eigenvalue weighted by molar-refractivity contribution is 5.94. The third-order valence-corrected chi connectivity index (χ3v) is 6.28. The number of aryl methyl sites for hydroxylation is 1. The fourth-order valence-corrected chi connectivity index (χ4v) is 4.77. The molecule has 0 aliphatic carbocycles. The molecule has 0 radical (unpaired) electrons. The van der Waals surface area contributed by atoms with Crippen LogP contribution >= 0.6 is 0 Å². The van der Waals surface area contributed by atoms with Crippen molar-refractivity contribution in [2.45, 2.75) is 46.2 Å². The molecule has 1 aromatic carbocycles. The molecule has 1 N–H and O–H groups in total. The molecular weight excluding hydrogens is 378 g/mol. The normalized spacial score (nSPS) is 23.8. The number of anilines is 3. The Morgan fingerprint density at radius 2 is 2.03 bits per heavy atom. The first-order chi connectivity index (χ1) is 14.5. The van der Waals surface area contributed by atoms with Crippen LogP contribution in [0.5, 0.6) is 0 Å². The summed E-state index contributed by atoms with van der Waals surface area (Å²) in [5.74, 6) is 0.912. The van der Waals surface area contributed by atoms with Crippen molar-refractivity contribution in [1.82, 2.24) is 9.97 Å². The second kappa shape index (κ2) is 8.60. The Morgan fingerprint density at radius 3 is 2.70 bits per heavy atom. The van der Waals surface area contributed by atoms with Crippen LogP contribution in [0.1, 0.15) is 44.5 Å². The standard InChI is InChI=1S/C23H31N5O2/c1-5-20-16(3)22(26-23-24-9-8-15(2)25-23)19-14-18(27-10-12-30-13-11-27)6-7-21(19)28(20)17(4)29/h6-9,14,16,20,22H,5,10-13H2,1-4H3,(H,24,25,26)/t16-,20-,22?/m0/s1. The van der Waals surface area contributed by atoms with Crippen LogP contribution < -0.4 is 15.1 Å². The van der Waals surface area contributed by atoms with Gasteiger partial charge in [0.2, 0.25) is 11.9 Å². The molecule has 2 aliphatic heterocycles. The summed E-state index contributed by atoms with van der Waals surface area (Å²) in [6.45, 7) is 11.2. The third-order valence-electron chi connectivity index (χ3n) is 6.28. The lowest BCUT2D eigenvalue weighted by molar-refractivity contribution is -0.117. The van der Waals surface area contributed by atoms with Crippen molar-refractivity contribution in [2.75, 3.05) is 41.4 Å². The summed E-state index contributed by atoms with van der Waals surface area (Å²) in [6, 6.07) is 8.48. The zero-order valence-corrected chi connectivity index (χ0v) is 18.3. The summed E-state index contributed by atoms with van der Waals surface area (Å²) in [5.41, 5.74) is 4.20. The van der Waals surface area contributed by atoms with Gasteiger partial charge < -0.3 is 19.9 Å². The van der Waals surface area contributed by atoms with Crippen LogP contribution in [0, 0.1) is 12.8 Å². The fraction of sp³-hybridized carbons (Fsp3) is 0.522. The van der Waals surface area contributed by atoms with Gasteiger partial charge in [0.1, 0.15) is 0 Å². The van der Waals surface area contributed by atoms with Crippen LogP contribution in [-0.2, 0) is 9.53 Å². The van der Waals surface area contributed by atoms with Crippen LogP contribution in [-0.4, -0.2) is 48.2 Å². The minimum absolute atomic E-state index is 0.0170. The Hall–Kier alpha value is -2.67. The van der Waals surface area contributed by atoms with Gasteiger partial charge in [-0.15, -0.1) is 0 Å². The molecule has 3 heterocycles. The van der Waals surface area contributed by atoms with Gasteiger partial charge in [-0.2, -0.15) is 0 Å². The fourth-order valence-electron chi connectivity index (χ4n) is 4.77. The highest BCUT2D eigenvalue weighted by Crippen LogP contribution is 2.44. The molecule has 1 saturated heterocycles. The second-order valence-corrected chi connectivity index (χ2v) is 8.21. The largest absolute Gasteiger partial charge is 0.378 e. The van der Waals surface area contributed by atoms with Crippen molar-refractivity contribution < 1.29 is 9.53 Å². The molecule has 7 heteroatoms. The van der Waals surface area contributed by atoms with Crippen LogP contribution in [0.3, 0.4) is 0 Å². The van der Waals surface area contributed by atoms with Gasteiger partial charge >= 0.3 is 0 Å². The van der Waals surface area contributed by atoms with Gasteiger partial charge in [0.05, 0.1) is 19.3 Å². The topological polar surface area (TPSA) is 70.6 Å². The molecule has 30 heavy (non-hydrogen) atoms. The quantitative estimate of drug-likeness (QED) is 0.833. The van der Waals surface area contributed by atoms with Gasteiger partial charge in [-0.3, -0.25) is 4.79 Å². The van der Waals surface area contributed by atoms with Gasteiger partial charge in [0.15, 0.2) is 0 Å². The number of carbonyl (C=O) groups excluding carboxylic acids is 1. The molecule has 4 rings (SSSR count). The van der Waals surface area contributed by atoms with E-state index in [1.54, 1.807) is 13.1 Å². The monoisotopic (exact) mass is 409 g/mol. The predicted octanol–water partition coefficient (Wildman–Crippen LogP) is 3.56. The van der Waals surface area contributed by atoms with E-state index in [-0.39, 0.29) is 23.9 Å². The minimum atomic E-state index is 0.0170. The molecule has 1 fully saturated rings. The number of morpholine rings is 1. The summed E-state index contributed by atoms with van der Waals surface area (Å²) >= 11 is 0. The van der Waals surface area contributed by atoms with E-state index in [1.807, 2.05) is 17.9 Å². The molecule has 1 amide bonds. The van der Waals surface area contributed by atoms with E-state index in [0.29, 0.717) is 5.95 Å². The van der Waals surface area contributed by atoms with Crippen LogP contribution in [0.25, 0.3) is 0 Å². The summed E-state index contributed by atoms with van der Waals surface area (Å²) < 4.78 is 5.52. The zero-order chi connectivity index (χ0) is 21.3. The smallest absolute Gasteiger partial charge is 0.224 e. The molecule has 3 atom stereocenters. The maximum Gasteiger partial charge on any atom is 0.224 e. The van der Waals surface area contributed by atoms with Crippen molar-refractivity contribution in [2.24, 2.45) is 5.92 Å². The summed E-state index contributed by atoms with van der Waals surface area (Å²) in [5, 5.41) is 3.58. The number of benzene rings is 1. The van der Waals surface area contributed by atoms with Gasteiger partial charge in [-0.05, 0) is 37.6 Å². The third kappa shape index (κ3) is 3.86. The molecule has 160 valence electrons. The van der Waals surface area contributed by atoms with E-state index in [4.69, 9.17) is 4.74 Å². The molecule has 2 aliphatic rings. The van der Waals surface area contributed by atoms with E-state index in [1.165, 1.54) is 5.69 Å². The number of nitrogens with zero attached hydrogens (tertiary/aromatic N) is 4. The highest BCUT2D eigenvalue weighted by Gasteiger charge is 2.40. The number of hydrogen-bond donors (Lipinski definition) is 1. The van der Waals surface area contributed by atoms with Crippen molar-refractivity contribution in [3.8, 4) is 0 Å². The Balaban J connectivity index is 1.78. The number of nitrogens with one attached hydrogen (secondary N) is 1. The van der Waals surface area contributed by atoms with Gasteiger partial charge in [0, 0.05) is 60.8 Å². The van der Waals surface area contributed by atoms with E-state index in [9.17, 15) is 4.79 Å². The van der Waals surface area contributed by atoms with Crippen LogP contribution in [0.2, 0.25) is 0 Å². The number of amides is 1. The maximum absolute atomic E-state index is 12.6. The lowest BCUT2D eigenvalue weighted by atomic mass is 9.80. The Kier molecular flexibility index (Phi) is 5.90. The molecule has 0 saturated carbocycles. The lowest BCUT2D eigenvalue weighted by Gasteiger charge is -2.45. The van der Waals surface area contributed by atoms with E-state index < -0.39 is 0 Å². The predicted molar refractivity (Wildman–Crippen MR) is 119 cm³/mol. The number of rotatable bonds is 4. The van der Waals surface area contributed by atoms with Crippen molar-refractivity contribution in [1.29, 1.82) is 0 Å². The average Bonchev–Trinajstić information content (AvgIpc) is 2.75. The average molecular weight is 410 g/mol. The molecular formula is C23H31N5O2. The highest BCUT2D eigenvalue weighted by atomic mass is 16.5. The minimum Gasteiger partial charge on any atom is -0.378 e. The Morgan fingerprint density at radius 1 is 1.27 bits per heavy atom. The first-order valence-corrected chi connectivity index (χ1v) is 10.8. The number of carbonyl (C=O) groups is 1. The molecule has 2 aromatic rings. The Labute approximate surface area is 178 Å². The van der Waals surface area contributed by atoms with Gasteiger partial charge in [-0.25, -0.2) is 9.97 Å². The molecule has 1 unspecified atom stereocenters. The lowest BCUT2D eigenvalue weighted by Crippen LogP contribution is -2.50. The molecule has 7 nitrogen and oxygen atoms in total. The number of fused-ring (bicyclic) bond motifs is 1. The summed E-state index contributed by atoms with van der Waals surface area (Å²) in [6.07, 6.45) is 2.67. The van der Waals surface area contributed by atoms with Crippen molar-refractivity contribution in [3.05, 3.63) is 41.7 Å². The first-order valence-electron chi connectivity index (χ1n) is 10.8. The second-order valence-electron chi connectivity index (χ2n) is 8.21. The number of aromatic nitrogens is 2. The summed E-state index contributed by atoms with van der Waals surface area (Å²) in [7, 11) is 0. The van der Waals surface area contributed by atoms with Crippen LogP contribution in [0.4, 0.5) is 17.3 Å². The maximum atomic E-state index is 12.6. The SMILES string of the molecule is CC[C@H]1[C@H](C)C(Nc2nccc(C)n2)c2cc(N3CCOCC3)ccc2N1C(C)=O. The van der Waals surface area contributed by atoms with E-state index in [2.05, 4.69) is 52.2 Å². The van der Waals surface area contributed by atoms with E-state index in [0.717, 1.165) is 49.7 Å². The van der Waals surface area contributed by atoms with E-state index >= 15 is 0 Å². The first kappa shape index (κ1) is 20.6. The van der Waals surface area contributed by atoms with Crippen LogP contribution in [0.15, 0.2) is 30.5 Å². The number of ether oxygens (including phenoxy) is 1.